The lowest BCUT2D eigenvalue weighted by Gasteiger charge is -2.15. The van der Waals surface area contributed by atoms with E-state index in [0.717, 1.165) is 5.69 Å². The number of furan rings is 1. The van der Waals surface area contributed by atoms with E-state index in [-0.39, 0.29) is 12.5 Å². The highest BCUT2D eigenvalue weighted by Crippen LogP contribution is 2.17. The lowest BCUT2D eigenvalue weighted by Crippen LogP contribution is -2.27. The van der Waals surface area contributed by atoms with Gasteiger partial charge in [-0.25, -0.2) is 9.78 Å². The molecule has 2 rings (SSSR count). The molecule has 0 saturated carbocycles. The highest BCUT2D eigenvalue weighted by atomic mass is 16.5. The Morgan fingerprint density at radius 1 is 1.32 bits per heavy atom. The molecule has 6 heteroatoms. The summed E-state index contributed by atoms with van der Waals surface area (Å²) in [4.78, 5) is 29.6. The maximum Gasteiger partial charge on any atom is 0.341 e. The van der Waals surface area contributed by atoms with Gasteiger partial charge in [0.05, 0.1) is 13.7 Å². The topological polar surface area (TPSA) is 72.6 Å². The number of hydrogen-bond acceptors (Lipinski definition) is 5. The largest absolute Gasteiger partial charge is 0.465 e. The van der Waals surface area contributed by atoms with Crippen LogP contribution in [0.3, 0.4) is 0 Å². The first-order valence-corrected chi connectivity index (χ1v) is 6.79. The number of aryl methyl sites for hydroxylation is 2. The summed E-state index contributed by atoms with van der Waals surface area (Å²) in [6.45, 7) is 3.75. The summed E-state index contributed by atoms with van der Waals surface area (Å²) in [6, 6.07) is 6.87. The first-order valence-electron chi connectivity index (χ1n) is 6.79. The van der Waals surface area contributed by atoms with Crippen molar-refractivity contribution in [3.8, 4) is 0 Å². The summed E-state index contributed by atoms with van der Waals surface area (Å²) in [5.41, 5.74) is 1.52. The number of rotatable bonds is 4. The molecule has 2 aromatic heterocycles. The average molecular weight is 302 g/mol. The van der Waals surface area contributed by atoms with Gasteiger partial charge in [-0.1, -0.05) is 6.07 Å². The highest BCUT2D eigenvalue weighted by Gasteiger charge is 2.19. The van der Waals surface area contributed by atoms with Gasteiger partial charge in [0, 0.05) is 12.7 Å². The van der Waals surface area contributed by atoms with E-state index in [1.807, 2.05) is 13.0 Å². The number of carbonyl (C=O) groups excluding carboxylic acids is 2. The molecule has 6 nitrogen and oxygen atoms in total. The van der Waals surface area contributed by atoms with Crippen LogP contribution in [-0.2, 0) is 11.3 Å². The van der Waals surface area contributed by atoms with E-state index in [0.29, 0.717) is 22.8 Å². The average Bonchev–Trinajstić information content (AvgIpc) is 2.86. The van der Waals surface area contributed by atoms with Crippen molar-refractivity contribution >= 4 is 11.9 Å². The number of carbonyl (C=O) groups is 2. The minimum atomic E-state index is -0.457. The molecule has 0 saturated heterocycles. The summed E-state index contributed by atoms with van der Waals surface area (Å²) < 4.78 is 10.2. The van der Waals surface area contributed by atoms with Gasteiger partial charge in [-0.2, -0.15) is 0 Å². The van der Waals surface area contributed by atoms with Crippen LogP contribution in [0.1, 0.15) is 38.1 Å². The molecule has 0 radical (unpaired) electrons. The predicted molar refractivity (Wildman–Crippen MR) is 79.6 cm³/mol. The molecule has 0 spiro atoms. The molecular formula is C16H18N2O4. The minimum Gasteiger partial charge on any atom is -0.465 e. The second-order valence-electron chi connectivity index (χ2n) is 5.00. The van der Waals surface area contributed by atoms with Crippen molar-refractivity contribution < 1.29 is 18.7 Å². The summed E-state index contributed by atoms with van der Waals surface area (Å²) >= 11 is 0. The Balaban J connectivity index is 2.13. The van der Waals surface area contributed by atoms with Gasteiger partial charge >= 0.3 is 5.97 Å². The molecule has 2 aromatic rings. The summed E-state index contributed by atoms with van der Waals surface area (Å²) in [6.07, 6.45) is 0. The van der Waals surface area contributed by atoms with Gasteiger partial charge in [-0.05, 0) is 32.0 Å². The second kappa shape index (κ2) is 6.43. The number of methoxy groups -OCH3 is 1. The lowest BCUT2D eigenvalue weighted by molar-refractivity contribution is 0.0598. The molecule has 1 amide bonds. The van der Waals surface area contributed by atoms with Crippen molar-refractivity contribution in [2.45, 2.75) is 20.4 Å². The monoisotopic (exact) mass is 302 g/mol. The van der Waals surface area contributed by atoms with Crippen LogP contribution in [0.15, 0.2) is 28.7 Å². The van der Waals surface area contributed by atoms with E-state index >= 15 is 0 Å². The summed E-state index contributed by atoms with van der Waals surface area (Å²) in [7, 11) is 2.97. The summed E-state index contributed by atoms with van der Waals surface area (Å²) in [5, 5.41) is 0. The third kappa shape index (κ3) is 3.33. The molecule has 0 aliphatic rings. The Morgan fingerprint density at radius 3 is 2.68 bits per heavy atom. The normalized spacial score (nSPS) is 10.4. The first-order chi connectivity index (χ1) is 10.4. The maximum absolute atomic E-state index is 12.3. The number of esters is 1. The van der Waals surface area contributed by atoms with Gasteiger partial charge < -0.3 is 14.1 Å². The molecule has 22 heavy (non-hydrogen) atoms. The number of hydrogen-bond donors (Lipinski definition) is 0. The predicted octanol–water partition coefficient (Wildman–Crippen LogP) is 2.35. The zero-order chi connectivity index (χ0) is 16.3. The smallest absolute Gasteiger partial charge is 0.341 e. The van der Waals surface area contributed by atoms with Gasteiger partial charge in [-0.3, -0.25) is 4.79 Å². The SMILES string of the molecule is COC(=O)c1cc(CN(C)C(=O)c2cccc(C)n2)oc1C. The van der Waals surface area contributed by atoms with Crippen molar-refractivity contribution in [3.05, 3.63) is 52.7 Å². The van der Waals surface area contributed by atoms with E-state index in [1.165, 1.54) is 12.0 Å². The van der Waals surface area contributed by atoms with Crippen molar-refractivity contribution in [1.29, 1.82) is 0 Å². The Kier molecular flexibility index (Phi) is 4.60. The molecule has 0 aromatic carbocycles. The lowest BCUT2D eigenvalue weighted by atomic mass is 10.2. The first kappa shape index (κ1) is 15.8. The molecule has 0 aliphatic carbocycles. The van der Waals surface area contributed by atoms with E-state index in [2.05, 4.69) is 9.72 Å². The molecule has 0 N–H and O–H groups in total. The second-order valence-corrected chi connectivity index (χ2v) is 5.00. The van der Waals surface area contributed by atoms with E-state index in [1.54, 1.807) is 32.2 Å². The molecule has 0 aliphatic heterocycles. The molecular weight excluding hydrogens is 284 g/mol. The van der Waals surface area contributed by atoms with Gasteiger partial charge in [0.15, 0.2) is 0 Å². The number of pyridine rings is 1. The van der Waals surface area contributed by atoms with Crippen LogP contribution in [0.25, 0.3) is 0 Å². The quantitative estimate of drug-likeness (QED) is 0.811. The number of ether oxygens (including phenoxy) is 1. The molecule has 0 bridgehead atoms. The zero-order valence-electron chi connectivity index (χ0n) is 13.0. The fourth-order valence-electron chi connectivity index (χ4n) is 2.10. The van der Waals surface area contributed by atoms with Gasteiger partial charge in [0.2, 0.25) is 0 Å². The van der Waals surface area contributed by atoms with E-state index in [9.17, 15) is 9.59 Å². The fourth-order valence-corrected chi connectivity index (χ4v) is 2.10. The van der Waals surface area contributed by atoms with Gasteiger partial charge in [-0.15, -0.1) is 0 Å². The molecule has 0 unspecified atom stereocenters. The molecule has 0 fully saturated rings. The van der Waals surface area contributed by atoms with Crippen molar-refractivity contribution in [1.82, 2.24) is 9.88 Å². The van der Waals surface area contributed by atoms with Crippen molar-refractivity contribution in [2.24, 2.45) is 0 Å². The Bertz CT molecular complexity index is 706. The Morgan fingerprint density at radius 2 is 2.05 bits per heavy atom. The van der Waals surface area contributed by atoms with E-state index < -0.39 is 5.97 Å². The zero-order valence-corrected chi connectivity index (χ0v) is 13.0. The van der Waals surface area contributed by atoms with Crippen LogP contribution in [0.2, 0.25) is 0 Å². The third-order valence-electron chi connectivity index (χ3n) is 3.22. The van der Waals surface area contributed by atoms with Crippen LogP contribution < -0.4 is 0 Å². The van der Waals surface area contributed by atoms with Crippen molar-refractivity contribution in [3.63, 3.8) is 0 Å². The Hall–Kier alpha value is -2.63. The van der Waals surface area contributed by atoms with Crippen molar-refractivity contribution in [2.75, 3.05) is 14.2 Å². The molecule has 116 valence electrons. The van der Waals surface area contributed by atoms with Crippen LogP contribution in [0.4, 0.5) is 0 Å². The van der Waals surface area contributed by atoms with E-state index in [4.69, 9.17) is 4.42 Å². The van der Waals surface area contributed by atoms with Gasteiger partial charge in [0.1, 0.15) is 22.8 Å². The van der Waals surface area contributed by atoms with Gasteiger partial charge in [0.25, 0.3) is 5.91 Å². The minimum absolute atomic E-state index is 0.211. The van der Waals surface area contributed by atoms with Crippen LogP contribution in [0.5, 0.6) is 0 Å². The third-order valence-corrected chi connectivity index (χ3v) is 3.22. The maximum atomic E-state index is 12.3. The fraction of sp³-hybridized carbons (Fsp3) is 0.312. The molecule has 0 atom stereocenters. The standard InChI is InChI=1S/C16H18N2O4/c1-10-6-5-7-14(17-10)15(19)18(3)9-12-8-13(11(2)22-12)16(20)21-4/h5-8H,9H2,1-4H3. The van der Waals surface area contributed by atoms with Crippen LogP contribution in [-0.4, -0.2) is 35.9 Å². The van der Waals surface area contributed by atoms with Crippen LogP contribution in [0, 0.1) is 13.8 Å². The Labute approximate surface area is 128 Å². The number of nitrogens with zero attached hydrogens (tertiary/aromatic N) is 2. The summed E-state index contributed by atoms with van der Waals surface area (Å²) in [5.74, 6) is 0.317. The highest BCUT2D eigenvalue weighted by molar-refractivity contribution is 5.92. The molecule has 2 heterocycles. The van der Waals surface area contributed by atoms with Crippen LogP contribution >= 0.6 is 0 Å². The number of aromatic nitrogens is 1. The number of amides is 1.